The molecular formula is C28H24FN5O4. The van der Waals surface area contributed by atoms with Crippen molar-refractivity contribution in [2.45, 2.75) is 25.0 Å². The number of nitrogens with one attached hydrogen (secondary N) is 2. The maximum atomic E-state index is 14.2. The summed E-state index contributed by atoms with van der Waals surface area (Å²) in [6.45, 7) is 1.79. The van der Waals surface area contributed by atoms with Crippen LogP contribution in [0.2, 0.25) is 0 Å². The molecule has 0 saturated carbocycles. The van der Waals surface area contributed by atoms with Gasteiger partial charge in [-0.15, -0.1) is 0 Å². The van der Waals surface area contributed by atoms with Gasteiger partial charge in [0, 0.05) is 5.56 Å². The number of phenols is 2. The summed E-state index contributed by atoms with van der Waals surface area (Å²) in [7, 11) is 0. The second-order valence-electron chi connectivity index (χ2n) is 8.97. The van der Waals surface area contributed by atoms with Gasteiger partial charge in [-0.25, -0.2) is 14.4 Å². The lowest BCUT2D eigenvalue weighted by molar-refractivity contribution is 0.0755. The van der Waals surface area contributed by atoms with Gasteiger partial charge >= 0.3 is 0 Å². The fourth-order valence-corrected chi connectivity index (χ4v) is 4.61. The largest absolute Gasteiger partial charge is 0.504 e. The van der Waals surface area contributed by atoms with E-state index in [1.165, 1.54) is 36.7 Å². The van der Waals surface area contributed by atoms with Gasteiger partial charge in [0.15, 0.2) is 17.3 Å². The zero-order valence-electron chi connectivity index (χ0n) is 20.2. The smallest absolute Gasteiger partial charge is 0.177 e. The monoisotopic (exact) mass is 513 g/mol. The summed E-state index contributed by atoms with van der Waals surface area (Å²) in [5, 5.41) is 31.5. The number of Topliss-reactive ketones (excluding diaryl/α,β-unsaturated/α-hetero) is 1. The van der Waals surface area contributed by atoms with Crippen LogP contribution in [-0.4, -0.2) is 43.8 Å². The van der Waals surface area contributed by atoms with Crippen LogP contribution in [0.4, 0.5) is 16.0 Å². The number of rotatable bonds is 6. The highest BCUT2D eigenvalue weighted by atomic mass is 19.1. The number of nitrogens with two attached hydrogens (primary N) is 1. The average Bonchev–Trinajstić information content (AvgIpc) is 2.90. The van der Waals surface area contributed by atoms with E-state index in [-0.39, 0.29) is 40.0 Å². The third-order valence-corrected chi connectivity index (χ3v) is 6.48. The molecule has 0 saturated heterocycles. The Bertz CT molecular complexity index is 1560. The van der Waals surface area contributed by atoms with E-state index in [2.05, 4.69) is 15.3 Å². The Kier molecular flexibility index (Phi) is 6.38. The summed E-state index contributed by atoms with van der Waals surface area (Å²) in [5.74, 6) is -1.58. The lowest BCUT2D eigenvalue weighted by atomic mass is 9.81. The van der Waals surface area contributed by atoms with Gasteiger partial charge in [0.25, 0.3) is 0 Å². The number of phenolic OH excluding ortho intramolecular Hbond substituents is 2. The van der Waals surface area contributed by atoms with Gasteiger partial charge in [-0.1, -0.05) is 24.3 Å². The number of benzene rings is 3. The van der Waals surface area contributed by atoms with E-state index in [0.717, 1.165) is 0 Å². The zero-order chi connectivity index (χ0) is 27.0. The molecule has 1 aliphatic rings. The Morgan fingerprint density at radius 2 is 1.87 bits per heavy atom. The molecule has 5 rings (SSSR count). The van der Waals surface area contributed by atoms with Gasteiger partial charge in [-0.05, 0) is 55.0 Å². The number of aromatic nitrogens is 2. The average molecular weight is 514 g/mol. The van der Waals surface area contributed by atoms with Crippen molar-refractivity contribution in [3.8, 4) is 17.2 Å². The highest BCUT2D eigenvalue weighted by Crippen LogP contribution is 2.39. The normalized spacial score (nSPS) is 17.3. The molecule has 2 heterocycles. The Morgan fingerprint density at radius 1 is 1.08 bits per heavy atom. The number of para-hydroxylation sites is 1. The highest BCUT2D eigenvalue weighted by Gasteiger charge is 2.41. The molecule has 1 aromatic heterocycles. The van der Waals surface area contributed by atoms with Crippen LogP contribution in [0.5, 0.6) is 17.2 Å². The minimum absolute atomic E-state index is 0.0138. The number of hydrogen-bond donors (Lipinski definition) is 5. The molecule has 4 aromatic rings. The first-order valence-corrected chi connectivity index (χ1v) is 11.8. The van der Waals surface area contributed by atoms with Crippen LogP contribution in [0.15, 0.2) is 73.1 Å². The van der Waals surface area contributed by atoms with E-state index >= 15 is 0 Å². The van der Waals surface area contributed by atoms with Gasteiger partial charge in [-0.3, -0.25) is 10.2 Å². The Morgan fingerprint density at radius 3 is 2.63 bits per heavy atom. The van der Waals surface area contributed by atoms with Crippen LogP contribution in [0, 0.1) is 11.2 Å². The number of anilines is 2. The third kappa shape index (κ3) is 4.47. The molecule has 0 fully saturated rings. The molecule has 9 nitrogen and oxygen atoms in total. The SMILES string of the molecule is CC(Nc1ncnc(N)c1C(=N)c1ccc(O)c(O)c1)C1Oc2ccccc2C(=O)C1c1cccc(F)c1. The van der Waals surface area contributed by atoms with Crippen LogP contribution in [0.1, 0.15) is 39.9 Å². The van der Waals surface area contributed by atoms with Crippen molar-refractivity contribution < 1.29 is 24.1 Å². The van der Waals surface area contributed by atoms with E-state index in [9.17, 15) is 19.4 Å². The molecule has 3 unspecified atom stereocenters. The van der Waals surface area contributed by atoms with E-state index in [0.29, 0.717) is 16.9 Å². The minimum atomic E-state index is -0.820. The van der Waals surface area contributed by atoms with Crippen LogP contribution < -0.4 is 15.8 Å². The quantitative estimate of drug-likeness (QED) is 0.189. The van der Waals surface area contributed by atoms with Gasteiger partial charge in [0.05, 0.1) is 28.8 Å². The Labute approximate surface area is 217 Å². The second kappa shape index (κ2) is 9.81. The molecule has 3 atom stereocenters. The summed E-state index contributed by atoms with van der Waals surface area (Å²) >= 11 is 0. The van der Waals surface area contributed by atoms with Crippen LogP contribution in [0.3, 0.4) is 0 Å². The van der Waals surface area contributed by atoms with Gasteiger partial charge in [-0.2, -0.15) is 0 Å². The number of hydrogen-bond acceptors (Lipinski definition) is 9. The number of ether oxygens (including phenoxy) is 1. The first-order valence-electron chi connectivity index (χ1n) is 11.8. The molecule has 0 bridgehead atoms. The van der Waals surface area contributed by atoms with Crippen LogP contribution >= 0.6 is 0 Å². The number of aromatic hydroxyl groups is 2. The molecule has 38 heavy (non-hydrogen) atoms. The molecule has 0 spiro atoms. The van der Waals surface area contributed by atoms with E-state index < -0.39 is 29.6 Å². The third-order valence-electron chi connectivity index (χ3n) is 6.48. The number of halogens is 1. The summed E-state index contributed by atoms with van der Waals surface area (Å²) < 4.78 is 20.5. The zero-order valence-corrected chi connectivity index (χ0v) is 20.2. The van der Waals surface area contributed by atoms with Gasteiger partial charge < -0.3 is 26.0 Å². The number of carbonyl (C=O) groups is 1. The number of fused-ring (bicyclic) bond motifs is 1. The number of nitrogens with zero attached hydrogens (tertiary/aromatic N) is 2. The van der Waals surface area contributed by atoms with Crippen LogP contribution in [-0.2, 0) is 0 Å². The summed E-state index contributed by atoms with van der Waals surface area (Å²) in [5.41, 5.74) is 7.35. The maximum Gasteiger partial charge on any atom is 0.177 e. The maximum absolute atomic E-state index is 14.2. The second-order valence-corrected chi connectivity index (χ2v) is 8.97. The summed E-state index contributed by atoms with van der Waals surface area (Å²) in [6.07, 6.45) is 0.469. The van der Waals surface area contributed by atoms with Crippen molar-refractivity contribution in [3.63, 3.8) is 0 Å². The minimum Gasteiger partial charge on any atom is -0.504 e. The Balaban J connectivity index is 1.53. The first-order chi connectivity index (χ1) is 18.2. The van der Waals surface area contributed by atoms with Gasteiger partial charge in [0.1, 0.15) is 35.6 Å². The fraction of sp³-hybridized carbons (Fsp3) is 0.143. The van der Waals surface area contributed by atoms with E-state index in [1.807, 2.05) is 0 Å². The van der Waals surface area contributed by atoms with Gasteiger partial charge in [0.2, 0.25) is 0 Å². The molecule has 6 N–H and O–H groups in total. The lowest BCUT2D eigenvalue weighted by Crippen LogP contribution is -2.46. The van der Waals surface area contributed by atoms with Crippen molar-refractivity contribution >= 4 is 23.1 Å². The summed E-state index contributed by atoms with van der Waals surface area (Å²) in [4.78, 5) is 21.9. The standard InChI is InChI=1S/C28H24FN5O4/c1-14(34-28-23(27(31)32-13-33-28)24(30)16-9-10-19(35)20(36)12-16)26-22(15-5-4-6-17(29)11-15)25(37)18-7-2-3-8-21(18)38-26/h2-14,22,26,30,35-36H,1H3,(H3,31,32,33,34). The summed E-state index contributed by atoms with van der Waals surface area (Å²) in [6, 6.07) is 16.1. The molecule has 0 radical (unpaired) electrons. The van der Waals surface area contributed by atoms with Crippen molar-refractivity contribution in [2.24, 2.45) is 0 Å². The van der Waals surface area contributed by atoms with Crippen molar-refractivity contribution in [1.29, 1.82) is 5.41 Å². The first kappa shape index (κ1) is 24.7. The predicted molar refractivity (Wildman–Crippen MR) is 140 cm³/mol. The molecule has 3 aromatic carbocycles. The molecule has 0 amide bonds. The van der Waals surface area contributed by atoms with E-state index in [4.69, 9.17) is 15.9 Å². The highest BCUT2D eigenvalue weighted by molar-refractivity contribution is 6.16. The number of ketones is 1. The van der Waals surface area contributed by atoms with Crippen molar-refractivity contribution in [3.05, 3.63) is 101 Å². The predicted octanol–water partition coefficient (Wildman–Crippen LogP) is 4.25. The lowest BCUT2D eigenvalue weighted by Gasteiger charge is -2.37. The molecule has 0 aliphatic carbocycles. The number of nitrogen functional groups attached to an aromatic ring is 1. The molecule has 10 heteroatoms. The molecular weight excluding hydrogens is 489 g/mol. The molecule has 1 aliphatic heterocycles. The fourth-order valence-electron chi connectivity index (χ4n) is 4.61. The Hall–Kier alpha value is -4.99. The van der Waals surface area contributed by atoms with E-state index in [1.54, 1.807) is 43.3 Å². The van der Waals surface area contributed by atoms with Crippen molar-refractivity contribution in [1.82, 2.24) is 9.97 Å². The van der Waals surface area contributed by atoms with Crippen molar-refractivity contribution in [2.75, 3.05) is 11.1 Å². The topological polar surface area (TPSA) is 154 Å². The number of carbonyl (C=O) groups excluding carboxylic acids is 1. The van der Waals surface area contributed by atoms with Crippen LogP contribution in [0.25, 0.3) is 0 Å². The molecule has 192 valence electrons.